The molecule has 0 aliphatic carbocycles. The molecule has 1 atom stereocenters. The van der Waals surface area contributed by atoms with Gasteiger partial charge in [-0.05, 0) is 31.2 Å². The van der Waals surface area contributed by atoms with E-state index < -0.39 is 0 Å². The Bertz CT molecular complexity index is 529. The minimum absolute atomic E-state index is 0.0615. The zero-order valence-electron chi connectivity index (χ0n) is 10.7. The fourth-order valence-corrected chi connectivity index (χ4v) is 3.12. The SMILES string of the molecule is CCn1nccc1C(CSc1cccc(Cl)c1)NN. The first-order chi connectivity index (χ1) is 9.24. The lowest BCUT2D eigenvalue weighted by Crippen LogP contribution is -2.31. The molecule has 0 aliphatic heterocycles. The number of benzene rings is 1. The molecule has 102 valence electrons. The zero-order chi connectivity index (χ0) is 13.7. The summed E-state index contributed by atoms with van der Waals surface area (Å²) in [5.74, 6) is 6.47. The van der Waals surface area contributed by atoms with Crippen LogP contribution in [0.1, 0.15) is 18.7 Å². The van der Waals surface area contributed by atoms with E-state index in [-0.39, 0.29) is 6.04 Å². The van der Waals surface area contributed by atoms with Gasteiger partial charge in [-0.25, -0.2) is 0 Å². The number of hydrogen-bond acceptors (Lipinski definition) is 4. The Balaban J connectivity index is 2.04. The van der Waals surface area contributed by atoms with Crippen molar-refractivity contribution in [3.63, 3.8) is 0 Å². The first-order valence-corrected chi connectivity index (χ1v) is 7.47. The Morgan fingerprint density at radius 2 is 2.32 bits per heavy atom. The lowest BCUT2D eigenvalue weighted by atomic mass is 10.2. The molecule has 0 spiro atoms. The molecule has 0 fully saturated rings. The van der Waals surface area contributed by atoms with Crippen LogP contribution in [0.3, 0.4) is 0 Å². The summed E-state index contributed by atoms with van der Waals surface area (Å²) < 4.78 is 1.95. The van der Waals surface area contributed by atoms with Crippen LogP contribution < -0.4 is 11.3 Å². The highest BCUT2D eigenvalue weighted by molar-refractivity contribution is 7.99. The fraction of sp³-hybridized carbons (Fsp3) is 0.308. The first kappa shape index (κ1) is 14.4. The van der Waals surface area contributed by atoms with Crippen molar-refractivity contribution in [3.05, 3.63) is 47.2 Å². The van der Waals surface area contributed by atoms with E-state index in [1.165, 1.54) is 0 Å². The molecule has 1 unspecified atom stereocenters. The summed E-state index contributed by atoms with van der Waals surface area (Å²) in [4.78, 5) is 1.13. The predicted molar refractivity (Wildman–Crippen MR) is 80.1 cm³/mol. The second-order valence-electron chi connectivity index (χ2n) is 4.06. The van der Waals surface area contributed by atoms with Crippen molar-refractivity contribution in [2.24, 2.45) is 5.84 Å². The van der Waals surface area contributed by atoms with Crippen LogP contribution in [0.25, 0.3) is 0 Å². The molecule has 1 aromatic carbocycles. The van der Waals surface area contributed by atoms with E-state index in [2.05, 4.69) is 17.4 Å². The number of rotatable bonds is 6. The van der Waals surface area contributed by atoms with Crippen molar-refractivity contribution in [1.82, 2.24) is 15.2 Å². The lowest BCUT2D eigenvalue weighted by molar-refractivity contribution is 0.528. The van der Waals surface area contributed by atoms with E-state index in [9.17, 15) is 0 Å². The van der Waals surface area contributed by atoms with Gasteiger partial charge in [-0.3, -0.25) is 16.0 Å². The van der Waals surface area contributed by atoms with Crippen LogP contribution in [-0.4, -0.2) is 15.5 Å². The van der Waals surface area contributed by atoms with Crippen LogP contribution in [0.2, 0.25) is 5.02 Å². The molecule has 6 heteroatoms. The molecule has 0 aliphatic rings. The van der Waals surface area contributed by atoms with Crippen molar-refractivity contribution in [3.8, 4) is 0 Å². The molecule has 3 N–H and O–H groups in total. The molecule has 0 amide bonds. The molecular formula is C13H17ClN4S. The number of aryl methyl sites for hydroxylation is 1. The Hall–Kier alpha value is -1.01. The largest absolute Gasteiger partial charge is 0.271 e. The van der Waals surface area contributed by atoms with Gasteiger partial charge in [0.2, 0.25) is 0 Å². The number of hydrogen-bond donors (Lipinski definition) is 2. The van der Waals surface area contributed by atoms with Crippen molar-refractivity contribution >= 4 is 23.4 Å². The normalized spacial score (nSPS) is 12.6. The number of aromatic nitrogens is 2. The Morgan fingerprint density at radius 1 is 1.47 bits per heavy atom. The average Bonchev–Trinajstić information content (AvgIpc) is 2.88. The highest BCUT2D eigenvalue weighted by Gasteiger charge is 2.14. The van der Waals surface area contributed by atoms with Crippen molar-refractivity contribution in [1.29, 1.82) is 0 Å². The highest BCUT2D eigenvalue weighted by Crippen LogP contribution is 2.26. The molecule has 0 saturated carbocycles. The van der Waals surface area contributed by atoms with Crippen molar-refractivity contribution < 1.29 is 0 Å². The first-order valence-electron chi connectivity index (χ1n) is 6.10. The summed E-state index contributed by atoms with van der Waals surface area (Å²) in [7, 11) is 0. The summed E-state index contributed by atoms with van der Waals surface area (Å²) in [6, 6.07) is 9.87. The van der Waals surface area contributed by atoms with Gasteiger partial charge in [-0.15, -0.1) is 11.8 Å². The van der Waals surface area contributed by atoms with Crippen molar-refractivity contribution in [2.45, 2.75) is 24.4 Å². The molecule has 19 heavy (non-hydrogen) atoms. The van der Waals surface area contributed by atoms with Gasteiger partial charge in [0.05, 0.1) is 11.7 Å². The minimum atomic E-state index is 0.0615. The number of nitrogens with one attached hydrogen (secondary N) is 1. The van der Waals surface area contributed by atoms with Gasteiger partial charge in [0.15, 0.2) is 0 Å². The van der Waals surface area contributed by atoms with Crippen LogP contribution in [-0.2, 0) is 6.54 Å². The van der Waals surface area contributed by atoms with E-state index in [0.29, 0.717) is 0 Å². The summed E-state index contributed by atoms with van der Waals surface area (Å²) in [5, 5.41) is 5.01. The standard InChI is InChI=1S/C13H17ClN4S/c1-2-18-13(6-7-16-18)12(17-15)9-19-11-5-3-4-10(14)8-11/h3-8,12,17H,2,9,15H2,1H3. The van der Waals surface area contributed by atoms with Gasteiger partial charge in [-0.2, -0.15) is 5.10 Å². The monoisotopic (exact) mass is 296 g/mol. The van der Waals surface area contributed by atoms with E-state index in [0.717, 1.165) is 27.9 Å². The molecule has 0 radical (unpaired) electrons. The lowest BCUT2D eigenvalue weighted by Gasteiger charge is -2.16. The Morgan fingerprint density at radius 3 is 3.00 bits per heavy atom. The highest BCUT2D eigenvalue weighted by atomic mass is 35.5. The third-order valence-corrected chi connectivity index (χ3v) is 4.14. The maximum absolute atomic E-state index is 5.97. The van der Waals surface area contributed by atoms with Crippen LogP contribution in [0, 0.1) is 0 Å². The third-order valence-electron chi connectivity index (χ3n) is 2.82. The second kappa shape index (κ2) is 6.96. The molecule has 0 saturated heterocycles. The van der Waals surface area contributed by atoms with E-state index >= 15 is 0 Å². The number of thioether (sulfide) groups is 1. The fourth-order valence-electron chi connectivity index (χ4n) is 1.86. The molecular weight excluding hydrogens is 280 g/mol. The summed E-state index contributed by atoms with van der Waals surface area (Å²) in [6.45, 7) is 2.90. The van der Waals surface area contributed by atoms with Crippen LogP contribution in [0.15, 0.2) is 41.4 Å². The zero-order valence-corrected chi connectivity index (χ0v) is 12.3. The second-order valence-corrected chi connectivity index (χ2v) is 5.59. The maximum atomic E-state index is 5.97. The number of nitrogens with zero attached hydrogens (tertiary/aromatic N) is 2. The van der Waals surface area contributed by atoms with Crippen LogP contribution in [0.5, 0.6) is 0 Å². The topological polar surface area (TPSA) is 55.9 Å². The molecule has 4 nitrogen and oxygen atoms in total. The van der Waals surface area contributed by atoms with Gasteiger partial charge in [0.1, 0.15) is 0 Å². The number of nitrogens with two attached hydrogens (primary N) is 1. The van der Waals surface area contributed by atoms with Crippen LogP contribution in [0.4, 0.5) is 0 Å². The maximum Gasteiger partial charge on any atom is 0.0722 e. The van der Waals surface area contributed by atoms with E-state index in [4.69, 9.17) is 17.4 Å². The summed E-state index contributed by atoms with van der Waals surface area (Å²) in [6.07, 6.45) is 1.80. The number of halogens is 1. The smallest absolute Gasteiger partial charge is 0.0722 e. The van der Waals surface area contributed by atoms with Gasteiger partial charge in [-0.1, -0.05) is 17.7 Å². The van der Waals surface area contributed by atoms with Gasteiger partial charge in [0, 0.05) is 28.4 Å². The van der Waals surface area contributed by atoms with E-state index in [1.54, 1.807) is 18.0 Å². The molecule has 1 heterocycles. The third kappa shape index (κ3) is 3.73. The van der Waals surface area contributed by atoms with Gasteiger partial charge < -0.3 is 0 Å². The van der Waals surface area contributed by atoms with Crippen LogP contribution >= 0.6 is 23.4 Å². The average molecular weight is 297 g/mol. The van der Waals surface area contributed by atoms with Gasteiger partial charge >= 0.3 is 0 Å². The Labute approximate surface area is 122 Å². The molecule has 2 rings (SSSR count). The number of hydrazine groups is 1. The summed E-state index contributed by atoms with van der Waals surface area (Å²) in [5.41, 5.74) is 3.95. The van der Waals surface area contributed by atoms with Crippen molar-refractivity contribution in [2.75, 3.05) is 5.75 Å². The van der Waals surface area contributed by atoms with Gasteiger partial charge in [0.25, 0.3) is 0 Å². The summed E-state index contributed by atoms with van der Waals surface area (Å²) >= 11 is 7.69. The molecule has 1 aromatic heterocycles. The predicted octanol–water partition coefficient (Wildman–Crippen LogP) is 2.85. The Kier molecular flexibility index (Phi) is 5.27. The minimum Gasteiger partial charge on any atom is -0.271 e. The molecule has 2 aromatic rings. The quantitative estimate of drug-likeness (QED) is 0.489. The van der Waals surface area contributed by atoms with E-state index in [1.807, 2.05) is 35.0 Å². The molecule has 0 bridgehead atoms.